The molecule has 11 heavy (non-hydrogen) atoms. The van der Waals surface area contributed by atoms with Gasteiger partial charge >= 0.3 is 0 Å². The summed E-state index contributed by atoms with van der Waals surface area (Å²) in [6.45, 7) is 0. The minimum Gasteiger partial charge on any atom is -0.224 e. The summed E-state index contributed by atoms with van der Waals surface area (Å²) in [5.74, 6) is 0. The van der Waals surface area contributed by atoms with E-state index in [-0.39, 0.29) is 4.90 Å². The molecule has 0 N–H and O–H groups in total. The molecule has 0 atom stereocenters. The van der Waals surface area contributed by atoms with Crippen molar-refractivity contribution in [3.8, 4) is 0 Å². The number of hydrogen-bond donors (Lipinski definition) is 0. The maximum absolute atomic E-state index is 11.0. The molecule has 6 heteroatoms. The van der Waals surface area contributed by atoms with E-state index in [2.05, 4.69) is 15.9 Å². The molecule has 1 rings (SSSR count). The highest BCUT2D eigenvalue weighted by atomic mass is 79.9. The largest absolute Gasteiger partial charge is 0.224 e. The fourth-order valence-corrected chi connectivity index (χ4v) is 4.23. The molecule has 0 saturated carbocycles. The minimum atomic E-state index is -3.16. The van der Waals surface area contributed by atoms with Crippen molar-refractivity contribution < 1.29 is 8.42 Å². The van der Waals surface area contributed by atoms with Crippen molar-refractivity contribution in [2.45, 2.75) is 4.90 Å². The van der Waals surface area contributed by atoms with Gasteiger partial charge in [0.1, 0.15) is 4.34 Å². The maximum Gasteiger partial charge on any atom is 0.177 e. The van der Waals surface area contributed by atoms with E-state index in [0.29, 0.717) is 4.34 Å². The summed E-state index contributed by atoms with van der Waals surface area (Å²) in [5, 5.41) is 0. The van der Waals surface area contributed by atoms with Crippen molar-refractivity contribution in [1.29, 1.82) is 0 Å². The van der Waals surface area contributed by atoms with Gasteiger partial charge in [-0.05, 0) is 22.0 Å². The first-order valence-corrected chi connectivity index (χ1v) is 6.44. The summed E-state index contributed by atoms with van der Waals surface area (Å²) in [4.78, 5) is 0.191. The molecule has 0 saturated heterocycles. The molecule has 0 aliphatic heterocycles. The lowest BCUT2D eigenvalue weighted by atomic mass is 10.7. The third-order valence-electron chi connectivity index (χ3n) is 1.02. The number of halogens is 2. The Morgan fingerprint density at radius 3 is 2.36 bits per heavy atom. The standard InChI is InChI=1S/C5H4BrClO2S2/c1-11(8,9)3-2-4(6)10-5(3)7/h2H,1H3. The van der Waals surface area contributed by atoms with Gasteiger partial charge in [-0.15, -0.1) is 11.3 Å². The molecule has 0 radical (unpaired) electrons. The second-order valence-corrected chi connectivity index (χ2v) is 6.98. The normalized spacial score (nSPS) is 11.9. The van der Waals surface area contributed by atoms with E-state index in [9.17, 15) is 8.42 Å². The summed E-state index contributed by atoms with van der Waals surface area (Å²) < 4.78 is 23.0. The molecule has 1 aromatic heterocycles. The molecule has 0 unspecified atom stereocenters. The molecule has 0 aromatic carbocycles. The Morgan fingerprint density at radius 1 is 1.64 bits per heavy atom. The van der Waals surface area contributed by atoms with Crippen molar-refractivity contribution >= 4 is 48.7 Å². The molecular weight excluding hydrogens is 272 g/mol. The van der Waals surface area contributed by atoms with Crippen LogP contribution < -0.4 is 0 Å². The van der Waals surface area contributed by atoms with Crippen LogP contribution in [0.4, 0.5) is 0 Å². The second kappa shape index (κ2) is 3.05. The van der Waals surface area contributed by atoms with Crippen LogP contribution in [0.3, 0.4) is 0 Å². The molecular formula is C5H4BrClO2S2. The van der Waals surface area contributed by atoms with Crippen LogP contribution in [0.1, 0.15) is 0 Å². The van der Waals surface area contributed by atoms with Crippen LogP contribution in [0.5, 0.6) is 0 Å². The van der Waals surface area contributed by atoms with Gasteiger partial charge in [0.15, 0.2) is 9.84 Å². The number of sulfone groups is 1. The van der Waals surface area contributed by atoms with Crippen LogP contribution >= 0.6 is 38.9 Å². The van der Waals surface area contributed by atoms with Gasteiger partial charge in [-0.3, -0.25) is 0 Å². The van der Waals surface area contributed by atoms with Gasteiger partial charge in [0, 0.05) is 6.26 Å². The lowest BCUT2D eigenvalue weighted by molar-refractivity contribution is 0.602. The van der Waals surface area contributed by atoms with Gasteiger partial charge in [-0.1, -0.05) is 11.6 Å². The monoisotopic (exact) mass is 274 g/mol. The van der Waals surface area contributed by atoms with Gasteiger partial charge in [-0.2, -0.15) is 0 Å². The van der Waals surface area contributed by atoms with E-state index in [0.717, 1.165) is 10.0 Å². The minimum absolute atomic E-state index is 0.191. The topological polar surface area (TPSA) is 34.1 Å². The SMILES string of the molecule is CS(=O)(=O)c1cc(Br)sc1Cl. The Hall–Kier alpha value is 0.420. The van der Waals surface area contributed by atoms with E-state index < -0.39 is 9.84 Å². The second-order valence-electron chi connectivity index (χ2n) is 1.96. The Kier molecular flexibility index (Phi) is 2.63. The van der Waals surface area contributed by atoms with E-state index in [1.807, 2.05) is 0 Å². The molecule has 62 valence electrons. The quantitative estimate of drug-likeness (QED) is 0.789. The highest BCUT2D eigenvalue weighted by molar-refractivity contribution is 9.11. The van der Waals surface area contributed by atoms with Crippen LogP contribution in [-0.2, 0) is 9.84 Å². The molecule has 0 amide bonds. The predicted octanol–water partition coefficient (Wildman–Crippen LogP) is 2.57. The third-order valence-corrected chi connectivity index (χ3v) is 4.25. The Bertz CT molecular complexity index is 368. The summed E-state index contributed by atoms with van der Waals surface area (Å²) in [5.41, 5.74) is 0. The molecule has 0 aliphatic carbocycles. The van der Waals surface area contributed by atoms with Crippen LogP contribution in [-0.4, -0.2) is 14.7 Å². The molecule has 1 aromatic rings. The fourth-order valence-electron chi connectivity index (χ4n) is 0.578. The highest BCUT2D eigenvalue weighted by Gasteiger charge is 2.14. The maximum atomic E-state index is 11.0. The van der Waals surface area contributed by atoms with Gasteiger partial charge < -0.3 is 0 Å². The number of thiophene rings is 1. The first kappa shape index (κ1) is 9.51. The van der Waals surface area contributed by atoms with Crippen molar-refractivity contribution in [2.75, 3.05) is 6.26 Å². The number of hydrogen-bond acceptors (Lipinski definition) is 3. The highest BCUT2D eigenvalue weighted by Crippen LogP contribution is 2.34. The molecule has 1 heterocycles. The van der Waals surface area contributed by atoms with Gasteiger partial charge in [0.25, 0.3) is 0 Å². The number of rotatable bonds is 1. The molecule has 2 nitrogen and oxygen atoms in total. The lowest BCUT2D eigenvalue weighted by Gasteiger charge is -1.90. The zero-order valence-electron chi connectivity index (χ0n) is 5.47. The average molecular weight is 276 g/mol. The Labute approximate surface area is 82.2 Å². The van der Waals surface area contributed by atoms with Gasteiger partial charge in [0.05, 0.1) is 8.68 Å². The predicted molar refractivity (Wildman–Crippen MR) is 50.1 cm³/mol. The van der Waals surface area contributed by atoms with Crippen molar-refractivity contribution in [3.05, 3.63) is 14.2 Å². The van der Waals surface area contributed by atoms with Crippen LogP contribution in [0.2, 0.25) is 4.34 Å². The van der Waals surface area contributed by atoms with Crippen LogP contribution in [0.25, 0.3) is 0 Å². The average Bonchev–Trinajstić information content (AvgIpc) is 2.08. The summed E-state index contributed by atoms with van der Waals surface area (Å²) in [6, 6.07) is 1.50. The molecule has 0 aliphatic rings. The van der Waals surface area contributed by atoms with Crippen LogP contribution in [0, 0.1) is 0 Å². The smallest absolute Gasteiger partial charge is 0.177 e. The van der Waals surface area contributed by atoms with Crippen LogP contribution in [0.15, 0.2) is 14.7 Å². The van der Waals surface area contributed by atoms with E-state index in [1.54, 1.807) is 0 Å². The molecule has 0 bridgehead atoms. The van der Waals surface area contributed by atoms with Crippen molar-refractivity contribution in [1.82, 2.24) is 0 Å². The van der Waals surface area contributed by atoms with E-state index in [4.69, 9.17) is 11.6 Å². The third kappa shape index (κ3) is 2.18. The summed E-state index contributed by atoms with van der Waals surface area (Å²) in [6.07, 6.45) is 1.13. The van der Waals surface area contributed by atoms with Crippen molar-refractivity contribution in [2.24, 2.45) is 0 Å². The Morgan fingerprint density at radius 2 is 2.18 bits per heavy atom. The summed E-state index contributed by atoms with van der Waals surface area (Å²) >= 11 is 9.98. The van der Waals surface area contributed by atoms with E-state index in [1.165, 1.54) is 17.4 Å². The van der Waals surface area contributed by atoms with Gasteiger partial charge in [-0.25, -0.2) is 8.42 Å². The van der Waals surface area contributed by atoms with Crippen molar-refractivity contribution in [3.63, 3.8) is 0 Å². The van der Waals surface area contributed by atoms with E-state index >= 15 is 0 Å². The fraction of sp³-hybridized carbons (Fsp3) is 0.200. The zero-order valence-corrected chi connectivity index (χ0v) is 9.44. The first-order chi connectivity index (χ1) is 4.91. The zero-order chi connectivity index (χ0) is 8.65. The molecule has 0 spiro atoms. The molecule has 0 fully saturated rings. The Balaban J connectivity index is 3.36. The summed E-state index contributed by atoms with van der Waals surface area (Å²) in [7, 11) is -3.16. The van der Waals surface area contributed by atoms with Gasteiger partial charge in [0.2, 0.25) is 0 Å². The lowest BCUT2D eigenvalue weighted by Crippen LogP contribution is -1.94. The first-order valence-electron chi connectivity index (χ1n) is 2.56.